The first-order valence-corrected chi connectivity index (χ1v) is 2.27. The second kappa shape index (κ2) is 2.38. The summed E-state index contributed by atoms with van der Waals surface area (Å²) in [4.78, 5) is 12.7. The van der Waals surface area contributed by atoms with Crippen LogP contribution in [0, 0.1) is 5.41 Å². The van der Waals surface area contributed by atoms with Gasteiger partial charge < -0.3 is 10.3 Å². The van der Waals surface area contributed by atoms with Crippen molar-refractivity contribution in [1.29, 1.82) is 0 Å². The van der Waals surface area contributed by atoms with Crippen LogP contribution in [0.4, 0.5) is 0 Å². The van der Waals surface area contributed by atoms with Crippen LogP contribution >= 0.6 is 0 Å². The van der Waals surface area contributed by atoms with Gasteiger partial charge in [0.05, 0.1) is 0 Å². The van der Waals surface area contributed by atoms with Gasteiger partial charge in [-0.2, -0.15) is 4.79 Å². The molecule has 3 heteroatoms. The molecule has 0 radical (unpaired) electrons. The fraction of sp³-hybridized carbons (Fsp3) is 0.600. The lowest BCUT2D eigenvalue weighted by Crippen LogP contribution is -2.14. The maximum Gasteiger partial charge on any atom is 0.269 e. The highest BCUT2D eigenvalue weighted by Crippen LogP contribution is 2.03. The zero-order valence-electron chi connectivity index (χ0n) is 4.96. The number of rotatable bonds is 2. The Balaban J connectivity index is 4.11. The zero-order chi connectivity index (χ0) is 6.62. The molecule has 0 fully saturated rings. The molecule has 0 aliphatic heterocycles. The Morgan fingerprint density at radius 1 is 1.62 bits per heavy atom. The van der Waals surface area contributed by atoms with E-state index in [1.807, 2.05) is 0 Å². The van der Waals surface area contributed by atoms with E-state index in [4.69, 9.17) is 5.53 Å². The summed E-state index contributed by atoms with van der Waals surface area (Å²) in [6.45, 7) is 3.30. The van der Waals surface area contributed by atoms with Crippen molar-refractivity contribution in [2.24, 2.45) is 5.41 Å². The predicted molar refractivity (Wildman–Crippen MR) is 29.5 cm³/mol. The average Bonchev–Trinajstić information content (AvgIpc) is 1.67. The topological polar surface area (TPSA) is 53.5 Å². The van der Waals surface area contributed by atoms with Crippen molar-refractivity contribution in [2.75, 3.05) is 0 Å². The molecule has 3 nitrogen and oxygen atoms in total. The standard InChI is InChI=1S/C5H8N2O/c1-5(2,4-8)3-7-6/h3-4H,1-2H3. The number of nitrogens with zero attached hydrogens (tertiary/aromatic N) is 2. The lowest BCUT2D eigenvalue weighted by Gasteiger charge is -1.98. The van der Waals surface area contributed by atoms with Crippen LogP contribution in [-0.4, -0.2) is 17.3 Å². The first-order valence-electron chi connectivity index (χ1n) is 2.27. The smallest absolute Gasteiger partial charge is 0.269 e. The van der Waals surface area contributed by atoms with Crippen LogP contribution in [0.3, 0.4) is 0 Å². The molecule has 0 aliphatic rings. The molecule has 0 N–H and O–H groups in total. The van der Waals surface area contributed by atoms with Crippen molar-refractivity contribution >= 4 is 12.5 Å². The van der Waals surface area contributed by atoms with Crippen molar-refractivity contribution in [3.8, 4) is 0 Å². The number of carbonyl (C=O) groups excluding carboxylic acids is 1. The van der Waals surface area contributed by atoms with Crippen LogP contribution in [-0.2, 0) is 4.79 Å². The van der Waals surface area contributed by atoms with Gasteiger partial charge in [-0.3, -0.25) is 0 Å². The summed E-state index contributed by atoms with van der Waals surface area (Å²) in [5.41, 5.74) is 7.31. The molecule has 0 aromatic heterocycles. The van der Waals surface area contributed by atoms with E-state index >= 15 is 0 Å². The normalized spacial score (nSPS) is 9.75. The molecule has 0 amide bonds. The van der Waals surface area contributed by atoms with E-state index < -0.39 is 5.41 Å². The molecule has 0 rings (SSSR count). The van der Waals surface area contributed by atoms with E-state index in [1.165, 1.54) is 6.21 Å². The largest absolute Gasteiger partial charge is 0.362 e. The Bertz CT molecular complexity index is 133. The summed E-state index contributed by atoms with van der Waals surface area (Å²) in [6, 6.07) is 0. The molecule has 0 saturated carbocycles. The fourth-order valence-electron chi connectivity index (χ4n) is 0.179. The molecular formula is C5H8N2O. The molecule has 0 spiro atoms. The van der Waals surface area contributed by atoms with Gasteiger partial charge >= 0.3 is 0 Å². The monoisotopic (exact) mass is 112 g/mol. The molecule has 0 saturated heterocycles. The second-order valence-corrected chi connectivity index (χ2v) is 2.18. The van der Waals surface area contributed by atoms with Crippen molar-refractivity contribution < 1.29 is 9.58 Å². The molecule has 0 atom stereocenters. The molecular weight excluding hydrogens is 104 g/mol. The van der Waals surface area contributed by atoms with E-state index in [9.17, 15) is 4.79 Å². The van der Waals surface area contributed by atoms with Crippen LogP contribution in [0.1, 0.15) is 13.8 Å². The van der Waals surface area contributed by atoms with E-state index in [0.29, 0.717) is 6.29 Å². The number of hydrogen-bond donors (Lipinski definition) is 0. The van der Waals surface area contributed by atoms with E-state index in [2.05, 4.69) is 4.79 Å². The molecule has 44 valence electrons. The van der Waals surface area contributed by atoms with Gasteiger partial charge in [0.15, 0.2) is 0 Å². The molecule has 0 aromatic carbocycles. The van der Waals surface area contributed by atoms with E-state index in [0.717, 1.165) is 0 Å². The highest BCUT2D eigenvalue weighted by molar-refractivity contribution is 5.82. The third-order valence-corrected chi connectivity index (χ3v) is 0.694. The first-order chi connectivity index (χ1) is 3.62. The summed E-state index contributed by atoms with van der Waals surface area (Å²) in [6.07, 6.45) is 1.90. The van der Waals surface area contributed by atoms with Gasteiger partial charge in [0.25, 0.3) is 6.21 Å². The average molecular weight is 112 g/mol. The summed E-state index contributed by atoms with van der Waals surface area (Å²) in [7, 11) is 0. The van der Waals surface area contributed by atoms with E-state index in [1.54, 1.807) is 13.8 Å². The Hall–Kier alpha value is -0.950. The zero-order valence-corrected chi connectivity index (χ0v) is 4.96. The van der Waals surface area contributed by atoms with E-state index in [-0.39, 0.29) is 0 Å². The van der Waals surface area contributed by atoms with Gasteiger partial charge in [-0.1, -0.05) is 0 Å². The second-order valence-electron chi connectivity index (χ2n) is 2.18. The summed E-state index contributed by atoms with van der Waals surface area (Å²) in [5.74, 6) is 0. The van der Waals surface area contributed by atoms with Gasteiger partial charge in [-0.25, -0.2) is 0 Å². The molecule has 8 heavy (non-hydrogen) atoms. The van der Waals surface area contributed by atoms with Crippen molar-refractivity contribution in [1.82, 2.24) is 0 Å². The third kappa shape index (κ3) is 2.26. The molecule has 0 unspecified atom stereocenters. The lowest BCUT2D eigenvalue weighted by atomic mass is 9.99. The Morgan fingerprint density at radius 2 is 2.12 bits per heavy atom. The minimum absolute atomic E-state index is 0.630. The van der Waals surface area contributed by atoms with Crippen molar-refractivity contribution in [3.05, 3.63) is 5.53 Å². The Labute approximate surface area is 47.9 Å². The Morgan fingerprint density at radius 3 is 2.25 bits per heavy atom. The lowest BCUT2D eigenvalue weighted by molar-refractivity contribution is -0.113. The molecule has 0 heterocycles. The van der Waals surface area contributed by atoms with Gasteiger partial charge in [0, 0.05) is 0 Å². The maximum absolute atomic E-state index is 10.0. The molecule has 0 bridgehead atoms. The van der Waals surface area contributed by atoms with Crippen LogP contribution in [0.15, 0.2) is 0 Å². The van der Waals surface area contributed by atoms with Crippen LogP contribution in [0.5, 0.6) is 0 Å². The fourth-order valence-corrected chi connectivity index (χ4v) is 0.179. The maximum atomic E-state index is 10.0. The van der Waals surface area contributed by atoms with Gasteiger partial charge in [-0.05, 0) is 13.8 Å². The third-order valence-electron chi connectivity index (χ3n) is 0.694. The van der Waals surface area contributed by atoms with Crippen molar-refractivity contribution in [3.63, 3.8) is 0 Å². The first kappa shape index (κ1) is 7.05. The number of carbonyl (C=O) groups is 1. The van der Waals surface area contributed by atoms with Gasteiger partial charge in [0.2, 0.25) is 0 Å². The molecule has 0 aromatic rings. The van der Waals surface area contributed by atoms with Crippen molar-refractivity contribution in [2.45, 2.75) is 13.8 Å². The van der Waals surface area contributed by atoms with Crippen LogP contribution in [0.2, 0.25) is 0 Å². The highest BCUT2D eigenvalue weighted by atomic mass is 16.1. The Kier molecular flexibility index (Phi) is 2.10. The number of aldehydes is 1. The SMILES string of the molecule is CC(C)(C=O)C=[N+]=[N-]. The van der Waals surface area contributed by atoms with Crippen LogP contribution in [0.25, 0.3) is 5.53 Å². The predicted octanol–water partition coefficient (Wildman–Crippen LogP) is 0.512. The van der Waals surface area contributed by atoms with Gasteiger partial charge in [-0.15, -0.1) is 0 Å². The summed E-state index contributed by atoms with van der Waals surface area (Å²) >= 11 is 0. The minimum atomic E-state index is -0.630. The minimum Gasteiger partial charge on any atom is -0.362 e. The number of hydrogen-bond acceptors (Lipinski definition) is 1. The van der Waals surface area contributed by atoms with Gasteiger partial charge in [0.1, 0.15) is 11.7 Å². The summed E-state index contributed by atoms with van der Waals surface area (Å²) in [5, 5.41) is 0. The highest BCUT2D eigenvalue weighted by Gasteiger charge is 2.17. The van der Waals surface area contributed by atoms with Crippen LogP contribution < -0.4 is 0 Å². The molecule has 0 aliphatic carbocycles. The summed E-state index contributed by atoms with van der Waals surface area (Å²) < 4.78 is 0. The quantitative estimate of drug-likeness (QED) is 0.222.